The number of nitrogens with zero attached hydrogens (tertiary/aromatic N) is 2. The third-order valence-electron chi connectivity index (χ3n) is 2.97. The van der Waals surface area contributed by atoms with Gasteiger partial charge in [0.05, 0.1) is 6.20 Å². The smallest absolute Gasteiger partial charge is 0.206 e. The molecule has 6 nitrogen and oxygen atoms in total. The third-order valence-corrected chi connectivity index (χ3v) is 2.97. The molecule has 1 aromatic heterocycles. The number of nitrogens with two attached hydrogens (primary N) is 1. The van der Waals surface area contributed by atoms with E-state index in [0.717, 1.165) is 5.76 Å². The standard InChI is InChI=1S/C11H19N5O/c12-16-11(13-8-10-6-7-14-17-10)15-9-4-2-1-3-5-9/h6-7,9H,1-5,8,12H2,(H2,13,15,16). The summed E-state index contributed by atoms with van der Waals surface area (Å²) < 4.78 is 4.96. The molecule has 1 aliphatic carbocycles. The minimum absolute atomic E-state index is 0.444. The van der Waals surface area contributed by atoms with Crippen molar-refractivity contribution in [2.75, 3.05) is 0 Å². The van der Waals surface area contributed by atoms with E-state index in [0.29, 0.717) is 18.5 Å². The van der Waals surface area contributed by atoms with E-state index < -0.39 is 0 Å². The van der Waals surface area contributed by atoms with Crippen molar-refractivity contribution in [1.82, 2.24) is 15.9 Å². The molecule has 0 bridgehead atoms. The van der Waals surface area contributed by atoms with Gasteiger partial charge >= 0.3 is 0 Å². The Kier molecular flexibility index (Phi) is 4.37. The molecule has 1 aliphatic rings. The lowest BCUT2D eigenvalue weighted by Crippen LogP contribution is -2.47. The van der Waals surface area contributed by atoms with E-state index in [2.05, 4.69) is 20.9 Å². The van der Waals surface area contributed by atoms with E-state index in [-0.39, 0.29) is 0 Å². The van der Waals surface area contributed by atoms with Gasteiger partial charge in [-0.25, -0.2) is 10.8 Å². The summed E-state index contributed by atoms with van der Waals surface area (Å²) in [5.41, 5.74) is 2.59. The number of rotatable bonds is 3. The Morgan fingerprint density at radius 3 is 2.94 bits per heavy atom. The van der Waals surface area contributed by atoms with E-state index in [4.69, 9.17) is 10.4 Å². The maximum atomic E-state index is 5.44. The molecule has 0 aliphatic heterocycles. The van der Waals surface area contributed by atoms with E-state index >= 15 is 0 Å². The van der Waals surface area contributed by atoms with Crippen LogP contribution in [0.15, 0.2) is 21.8 Å². The molecule has 2 rings (SSSR count). The molecule has 6 heteroatoms. The van der Waals surface area contributed by atoms with Gasteiger partial charge in [-0.3, -0.25) is 5.43 Å². The average Bonchev–Trinajstić information content (AvgIpc) is 2.89. The van der Waals surface area contributed by atoms with Crippen molar-refractivity contribution >= 4 is 5.96 Å². The van der Waals surface area contributed by atoms with Crippen LogP contribution < -0.4 is 16.6 Å². The molecular formula is C11H19N5O. The Morgan fingerprint density at radius 1 is 1.47 bits per heavy atom. The second-order valence-electron chi connectivity index (χ2n) is 4.27. The minimum atomic E-state index is 0.444. The predicted molar refractivity (Wildman–Crippen MR) is 65.0 cm³/mol. The number of nitrogens with one attached hydrogen (secondary N) is 2. The highest BCUT2D eigenvalue weighted by Gasteiger charge is 2.14. The molecule has 0 spiro atoms. The monoisotopic (exact) mass is 237 g/mol. The maximum absolute atomic E-state index is 5.44. The fraction of sp³-hybridized carbons (Fsp3) is 0.636. The van der Waals surface area contributed by atoms with Crippen molar-refractivity contribution in [2.45, 2.75) is 44.7 Å². The Morgan fingerprint density at radius 2 is 2.29 bits per heavy atom. The molecule has 1 aromatic rings. The van der Waals surface area contributed by atoms with Gasteiger partial charge in [0.25, 0.3) is 0 Å². The van der Waals surface area contributed by atoms with Gasteiger partial charge in [0.15, 0.2) is 5.76 Å². The maximum Gasteiger partial charge on any atom is 0.206 e. The van der Waals surface area contributed by atoms with Gasteiger partial charge in [-0.2, -0.15) is 0 Å². The summed E-state index contributed by atoms with van der Waals surface area (Å²) in [6.45, 7) is 0.444. The Labute approximate surface area is 101 Å². The molecule has 0 unspecified atom stereocenters. The van der Waals surface area contributed by atoms with Gasteiger partial charge in [-0.1, -0.05) is 24.4 Å². The van der Waals surface area contributed by atoms with Gasteiger partial charge in [0, 0.05) is 12.1 Å². The largest absolute Gasteiger partial charge is 0.359 e. The first-order chi connectivity index (χ1) is 8.38. The molecule has 17 heavy (non-hydrogen) atoms. The van der Waals surface area contributed by atoms with E-state index in [9.17, 15) is 0 Å². The van der Waals surface area contributed by atoms with Crippen molar-refractivity contribution in [2.24, 2.45) is 10.8 Å². The highest BCUT2D eigenvalue weighted by Crippen LogP contribution is 2.17. The summed E-state index contributed by atoms with van der Waals surface area (Å²) in [6, 6.07) is 2.27. The summed E-state index contributed by atoms with van der Waals surface area (Å²) >= 11 is 0. The molecule has 0 radical (unpaired) electrons. The Balaban J connectivity index is 1.84. The van der Waals surface area contributed by atoms with Crippen LogP contribution in [0.1, 0.15) is 37.9 Å². The number of aromatic nitrogens is 1. The second-order valence-corrected chi connectivity index (χ2v) is 4.27. The SMILES string of the molecule is NNC(=NCc1ccno1)NC1CCCCC1. The zero-order valence-corrected chi connectivity index (χ0v) is 9.85. The summed E-state index contributed by atoms with van der Waals surface area (Å²) in [7, 11) is 0. The van der Waals surface area contributed by atoms with E-state index in [1.807, 2.05) is 0 Å². The molecular weight excluding hydrogens is 218 g/mol. The first-order valence-corrected chi connectivity index (χ1v) is 6.05. The predicted octanol–water partition coefficient (Wildman–Crippen LogP) is 0.916. The molecule has 4 N–H and O–H groups in total. The fourth-order valence-electron chi connectivity index (χ4n) is 2.05. The number of aliphatic imine (C=N–C) groups is 1. The molecule has 1 saturated carbocycles. The zero-order chi connectivity index (χ0) is 11.9. The van der Waals surface area contributed by atoms with Crippen LogP contribution >= 0.6 is 0 Å². The first-order valence-electron chi connectivity index (χ1n) is 6.05. The van der Waals surface area contributed by atoms with Crippen molar-refractivity contribution in [1.29, 1.82) is 0 Å². The van der Waals surface area contributed by atoms with Crippen molar-refractivity contribution in [3.8, 4) is 0 Å². The number of hydrogen-bond acceptors (Lipinski definition) is 4. The van der Waals surface area contributed by atoms with Gasteiger partial charge < -0.3 is 9.84 Å². The Bertz CT molecular complexity index is 343. The molecule has 1 fully saturated rings. The lowest BCUT2D eigenvalue weighted by molar-refractivity contribution is 0.384. The highest BCUT2D eigenvalue weighted by molar-refractivity contribution is 5.79. The third kappa shape index (κ3) is 3.74. The number of hydrazine groups is 1. The van der Waals surface area contributed by atoms with Crippen LogP contribution in [0.3, 0.4) is 0 Å². The van der Waals surface area contributed by atoms with Gasteiger partial charge in [0.2, 0.25) is 5.96 Å². The minimum Gasteiger partial charge on any atom is -0.359 e. The number of guanidine groups is 1. The first kappa shape index (κ1) is 11.9. The summed E-state index contributed by atoms with van der Waals surface area (Å²) in [5, 5.41) is 6.95. The molecule has 0 saturated heterocycles. The molecule has 0 amide bonds. The van der Waals surface area contributed by atoms with Gasteiger partial charge in [-0.15, -0.1) is 0 Å². The molecule has 0 aromatic carbocycles. The van der Waals surface area contributed by atoms with E-state index in [1.165, 1.54) is 32.1 Å². The lowest BCUT2D eigenvalue weighted by Gasteiger charge is -2.24. The summed E-state index contributed by atoms with van der Waals surface area (Å²) in [4.78, 5) is 4.31. The zero-order valence-electron chi connectivity index (χ0n) is 9.85. The second kappa shape index (κ2) is 6.24. The molecule has 94 valence electrons. The summed E-state index contributed by atoms with van der Waals surface area (Å²) in [5.74, 6) is 6.78. The van der Waals surface area contributed by atoms with Crippen molar-refractivity contribution in [3.05, 3.63) is 18.0 Å². The van der Waals surface area contributed by atoms with Gasteiger partial charge in [0.1, 0.15) is 6.54 Å². The molecule has 1 heterocycles. The van der Waals surface area contributed by atoms with Crippen LogP contribution in [-0.2, 0) is 6.54 Å². The normalized spacial score (nSPS) is 18.1. The number of hydrogen-bond donors (Lipinski definition) is 3. The fourth-order valence-corrected chi connectivity index (χ4v) is 2.05. The van der Waals surface area contributed by atoms with Gasteiger partial charge in [-0.05, 0) is 12.8 Å². The van der Waals surface area contributed by atoms with Crippen LogP contribution in [-0.4, -0.2) is 17.2 Å². The Hall–Kier alpha value is -1.56. The highest BCUT2D eigenvalue weighted by atomic mass is 16.5. The van der Waals surface area contributed by atoms with Crippen LogP contribution in [0.25, 0.3) is 0 Å². The van der Waals surface area contributed by atoms with Crippen LogP contribution in [0.4, 0.5) is 0 Å². The summed E-state index contributed by atoms with van der Waals surface area (Å²) in [6.07, 6.45) is 7.86. The van der Waals surface area contributed by atoms with Crippen LogP contribution in [0, 0.1) is 0 Å². The quantitative estimate of drug-likeness (QED) is 0.315. The van der Waals surface area contributed by atoms with Crippen molar-refractivity contribution < 1.29 is 4.52 Å². The average molecular weight is 237 g/mol. The van der Waals surface area contributed by atoms with E-state index in [1.54, 1.807) is 12.3 Å². The van der Waals surface area contributed by atoms with Crippen molar-refractivity contribution in [3.63, 3.8) is 0 Å². The van der Waals surface area contributed by atoms with Crippen LogP contribution in [0.5, 0.6) is 0 Å². The van der Waals surface area contributed by atoms with Crippen LogP contribution in [0.2, 0.25) is 0 Å². The topological polar surface area (TPSA) is 88.5 Å². The lowest BCUT2D eigenvalue weighted by atomic mass is 9.96. The molecule has 0 atom stereocenters.